The fourth-order valence-corrected chi connectivity index (χ4v) is 3.11. The standard InChI is InChI=1S/C16H17N3O5.ClH/c20-16(21)11-3-1-2-6-19(11)8-14-17-15(18-24-14)10-4-5-12-13(7-10)23-9-22-12;/h4-5,7,11H,1-3,6,8-9H2,(H,20,21);1H. The van der Waals surface area contributed by atoms with Crippen LogP contribution in [0, 0.1) is 0 Å². The van der Waals surface area contributed by atoms with Gasteiger partial charge in [-0.25, -0.2) is 0 Å². The molecule has 1 saturated heterocycles. The van der Waals surface area contributed by atoms with Crippen molar-refractivity contribution in [3.05, 3.63) is 24.1 Å². The quantitative estimate of drug-likeness (QED) is 0.879. The van der Waals surface area contributed by atoms with Gasteiger partial charge in [0.05, 0.1) is 6.54 Å². The summed E-state index contributed by atoms with van der Waals surface area (Å²) in [7, 11) is 0. The fourth-order valence-electron chi connectivity index (χ4n) is 3.11. The first kappa shape index (κ1) is 17.5. The van der Waals surface area contributed by atoms with Crippen LogP contribution in [0.1, 0.15) is 25.2 Å². The summed E-state index contributed by atoms with van der Waals surface area (Å²) in [6, 6.07) is 4.96. The Morgan fingerprint density at radius 1 is 1.28 bits per heavy atom. The molecule has 8 nitrogen and oxygen atoms in total. The highest BCUT2D eigenvalue weighted by molar-refractivity contribution is 5.85. The molecule has 9 heteroatoms. The lowest BCUT2D eigenvalue weighted by Gasteiger charge is -2.31. The second-order valence-corrected chi connectivity index (χ2v) is 5.90. The van der Waals surface area contributed by atoms with E-state index in [0.29, 0.717) is 36.2 Å². The average Bonchev–Trinajstić information content (AvgIpc) is 3.23. The molecule has 0 amide bonds. The van der Waals surface area contributed by atoms with E-state index in [1.165, 1.54) is 0 Å². The van der Waals surface area contributed by atoms with E-state index in [1.807, 2.05) is 11.0 Å². The predicted molar refractivity (Wildman–Crippen MR) is 88.8 cm³/mol. The molecule has 0 spiro atoms. The first-order chi connectivity index (χ1) is 11.7. The molecule has 4 rings (SSSR count). The van der Waals surface area contributed by atoms with Crippen molar-refractivity contribution >= 4 is 18.4 Å². The van der Waals surface area contributed by atoms with Gasteiger partial charge in [-0.1, -0.05) is 11.6 Å². The minimum Gasteiger partial charge on any atom is -0.480 e. The molecular formula is C16H18ClN3O5. The summed E-state index contributed by atoms with van der Waals surface area (Å²) in [5.74, 6) is 1.41. The number of halogens is 1. The normalized spacial score (nSPS) is 19.4. The molecule has 2 aliphatic heterocycles. The van der Waals surface area contributed by atoms with E-state index in [-0.39, 0.29) is 19.2 Å². The minimum absolute atomic E-state index is 0. The van der Waals surface area contributed by atoms with Crippen molar-refractivity contribution in [3.63, 3.8) is 0 Å². The van der Waals surface area contributed by atoms with E-state index in [1.54, 1.807) is 12.1 Å². The highest BCUT2D eigenvalue weighted by Crippen LogP contribution is 2.35. The van der Waals surface area contributed by atoms with Gasteiger partial charge >= 0.3 is 5.97 Å². The van der Waals surface area contributed by atoms with Crippen LogP contribution in [0.15, 0.2) is 22.7 Å². The van der Waals surface area contributed by atoms with Crippen molar-refractivity contribution in [1.82, 2.24) is 15.0 Å². The molecule has 3 heterocycles. The molecule has 2 aliphatic rings. The number of nitrogens with zero attached hydrogens (tertiary/aromatic N) is 3. The number of fused-ring (bicyclic) bond motifs is 1. The average molecular weight is 368 g/mol. The number of aromatic nitrogens is 2. The highest BCUT2D eigenvalue weighted by Gasteiger charge is 2.29. The maximum absolute atomic E-state index is 11.4. The molecule has 0 aliphatic carbocycles. The maximum Gasteiger partial charge on any atom is 0.320 e. The smallest absolute Gasteiger partial charge is 0.320 e. The van der Waals surface area contributed by atoms with E-state index < -0.39 is 12.0 Å². The number of carboxylic acid groups (broad SMARTS) is 1. The lowest BCUT2D eigenvalue weighted by Crippen LogP contribution is -2.44. The Balaban J connectivity index is 0.00000182. The van der Waals surface area contributed by atoms with Crippen LogP contribution < -0.4 is 9.47 Å². The highest BCUT2D eigenvalue weighted by atomic mass is 35.5. The summed E-state index contributed by atoms with van der Waals surface area (Å²) in [6.45, 7) is 1.27. The Morgan fingerprint density at radius 3 is 2.96 bits per heavy atom. The van der Waals surface area contributed by atoms with Gasteiger partial charge < -0.3 is 19.1 Å². The molecule has 1 fully saturated rings. The number of carbonyl (C=O) groups is 1. The SMILES string of the molecule is Cl.O=C(O)C1CCCCN1Cc1nc(-c2ccc3c(c2)OCO3)no1. The Hall–Kier alpha value is -2.32. The number of likely N-dealkylation sites (tertiary alicyclic amines) is 1. The monoisotopic (exact) mass is 367 g/mol. The zero-order valence-electron chi connectivity index (χ0n) is 13.4. The van der Waals surface area contributed by atoms with Gasteiger partial charge in [-0.15, -0.1) is 12.4 Å². The van der Waals surface area contributed by atoms with Gasteiger partial charge in [0.1, 0.15) is 6.04 Å². The molecule has 0 saturated carbocycles. The zero-order chi connectivity index (χ0) is 16.5. The predicted octanol–water partition coefficient (Wildman–Crippen LogP) is 2.33. The van der Waals surface area contributed by atoms with Crippen LogP contribution in [0.3, 0.4) is 0 Å². The number of rotatable bonds is 4. The molecule has 1 aromatic heterocycles. The van der Waals surface area contributed by atoms with Crippen molar-refractivity contribution in [2.75, 3.05) is 13.3 Å². The molecule has 1 atom stereocenters. The molecule has 1 aromatic carbocycles. The summed E-state index contributed by atoms with van der Waals surface area (Å²) >= 11 is 0. The van der Waals surface area contributed by atoms with Crippen molar-refractivity contribution in [2.45, 2.75) is 31.8 Å². The molecule has 0 radical (unpaired) electrons. The van der Waals surface area contributed by atoms with Gasteiger partial charge in [0, 0.05) is 5.56 Å². The summed E-state index contributed by atoms with van der Waals surface area (Å²) in [5.41, 5.74) is 0.766. The van der Waals surface area contributed by atoms with Gasteiger partial charge in [-0.3, -0.25) is 9.69 Å². The topological polar surface area (TPSA) is 97.9 Å². The van der Waals surface area contributed by atoms with E-state index >= 15 is 0 Å². The Bertz CT molecular complexity index is 766. The van der Waals surface area contributed by atoms with Crippen LogP contribution in [0.2, 0.25) is 0 Å². The van der Waals surface area contributed by atoms with E-state index in [4.69, 9.17) is 14.0 Å². The number of hydrogen-bond acceptors (Lipinski definition) is 7. The first-order valence-corrected chi connectivity index (χ1v) is 7.90. The number of carboxylic acids is 1. The summed E-state index contributed by atoms with van der Waals surface area (Å²) in [5, 5.41) is 13.3. The number of benzene rings is 1. The van der Waals surface area contributed by atoms with Gasteiger partial charge in [0.15, 0.2) is 11.5 Å². The summed E-state index contributed by atoms with van der Waals surface area (Å²) in [4.78, 5) is 17.6. The second-order valence-electron chi connectivity index (χ2n) is 5.90. The van der Waals surface area contributed by atoms with E-state index in [2.05, 4.69) is 10.1 Å². The largest absolute Gasteiger partial charge is 0.480 e. The van der Waals surface area contributed by atoms with Gasteiger partial charge in [0.25, 0.3) is 0 Å². The molecule has 1 unspecified atom stereocenters. The fraction of sp³-hybridized carbons (Fsp3) is 0.438. The maximum atomic E-state index is 11.4. The van der Waals surface area contributed by atoms with Crippen LogP contribution in [-0.2, 0) is 11.3 Å². The van der Waals surface area contributed by atoms with E-state index in [9.17, 15) is 9.90 Å². The molecule has 0 bridgehead atoms. The van der Waals surface area contributed by atoms with Crippen LogP contribution in [-0.4, -0.2) is 45.5 Å². The lowest BCUT2D eigenvalue weighted by molar-refractivity contribution is -0.145. The number of hydrogen-bond donors (Lipinski definition) is 1. The Morgan fingerprint density at radius 2 is 2.12 bits per heavy atom. The summed E-state index contributed by atoms with van der Waals surface area (Å²) in [6.07, 6.45) is 2.56. The Labute approximate surface area is 150 Å². The van der Waals surface area contributed by atoms with Crippen molar-refractivity contribution in [1.29, 1.82) is 0 Å². The van der Waals surface area contributed by atoms with E-state index in [0.717, 1.165) is 24.9 Å². The number of aliphatic carboxylic acids is 1. The van der Waals surface area contributed by atoms with Gasteiger partial charge in [-0.05, 0) is 37.6 Å². The van der Waals surface area contributed by atoms with Gasteiger partial charge in [-0.2, -0.15) is 4.98 Å². The molecule has 2 aromatic rings. The second kappa shape index (κ2) is 7.28. The number of ether oxygens (including phenoxy) is 2. The minimum atomic E-state index is -0.801. The number of piperidine rings is 1. The third kappa shape index (κ3) is 3.54. The van der Waals surface area contributed by atoms with Crippen LogP contribution in [0.4, 0.5) is 0 Å². The van der Waals surface area contributed by atoms with Crippen molar-refractivity contribution < 1.29 is 23.9 Å². The summed E-state index contributed by atoms with van der Waals surface area (Å²) < 4.78 is 15.9. The lowest BCUT2D eigenvalue weighted by atomic mass is 10.0. The Kier molecular flexibility index (Phi) is 5.10. The van der Waals surface area contributed by atoms with Crippen LogP contribution >= 0.6 is 12.4 Å². The van der Waals surface area contributed by atoms with Crippen molar-refractivity contribution in [2.24, 2.45) is 0 Å². The first-order valence-electron chi connectivity index (χ1n) is 7.90. The van der Waals surface area contributed by atoms with Crippen LogP contribution in [0.5, 0.6) is 11.5 Å². The van der Waals surface area contributed by atoms with Gasteiger partial charge in [0.2, 0.25) is 18.5 Å². The third-order valence-corrected chi connectivity index (χ3v) is 4.34. The molecular weight excluding hydrogens is 350 g/mol. The van der Waals surface area contributed by atoms with Crippen LogP contribution in [0.25, 0.3) is 11.4 Å². The van der Waals surface area contributed by atoms with Crippen molar-refractivity contribution in [3.8, 4) is 22.9 Å². The third-order valence-electron chi connectivity index (χ3n) is 4.34. The molecule has 1 N–H and O–H groups in total. The zero-order valence-corrected chi connectivity index (χ0v) is 14.2. The molecule has 25 heavy (non-hydrogen) atoms. The molecule has 134 valence electrons.